The zero-order valence-electron chi connectivity index (χ0n) is 11.9. The molecule has 2 aromatic rings. The fourth-order valence-corrected chi connectivity index (χ4v) is 3.82. The molecule has 2 N–H and O–H groups in total. The van der Waals surface area contributed by atoms with Crippen molar-refractivity contribution < 1.29 is 0 Å². The van der Waals surface area contributed by atoms with Crippen LogP contribution in [0.2, 0.25) is 0 Å². The van der Waals surface area contributed by atoms with Crippen LogP contribution in [0.1, 0.15) is 26.2 Å². The minimum absolute atomic E-state index is 0.661. The number of hydrogen-bond acceptors (Lipinski definition) is 4. The van der Waals surface area contributed by atoms with Crippen molar-refractivity contribution in [1.29, 1.82) is 0 Å². The van der Waals surface area contributed by atoms with Crippen LogP contribution in [-0.2, 0) is 0 Å². The monoisotopic (exact) mass is 287 g/mol. The van der Waals surface area contributed by atoms with Crippen molar-refractivity contribution in [3.63, 3.8) is 0 Å². The molecule has 1 aromatic carbocycles. The van der Waals surface area contributed by atoms with Crippen molar-refractivity contribution in [3.8, 4) is 11.1 Å². The molecule has 0 radical (unpaired) electrons. The molecule has 0 unspecified atom stereocenters. The summed E-state index contributed by atoms with van der Waals surface area (Å²) in [6.45, 7) is 4.54. The lowest BCUT2D eigenvalue weighted by Crippen LogP contribution is -2.33. The predicted molar refractivity (Wildman–Crippen MR) is 87.2 cm³/mol. The molecule has 1 aliphatic rings. The molecule has 1 saturated heterocycles. The molecule has 1 aliphatic heterocycles. The van der Waals surface area contributed by atoms with Crippen LogP contribution in [-0.4, -0.2) is 17.5 Å². The predicted octanol–water partition coefficient (Wildman–Crippen LogP) is 4.02. The lowest BCUT2D eigenvalue weighted by molar-refractivity contribution is 0.396. The van der Waals surface area contributed by atoms with Crippen molar-refractivity contribution in [3.05, 3.63) is 30.3 Å². The highest BCUT2D eigenvalue weighted by Gasteiger charge is 2.23. The van der Waals surface area contributed by atoms with Crippen molar-refractivity contribution in [2.45, 2.75) is 26.2 Å². The van der Waals surface area contributed by atoms with E-state index in [2.05, 4.69) is 40.5 Å². The normalized spacial score (nSPS) is 16.6. The van der Waals surface area contributed by atoms with E-state index < -0.39 is 0 Å². The average Bonchev–Trinajstić information content (AvgIpc) is 2.90. The van der Waals surface area contributed by atoms with Crippen LogP contribution in [0.25, 0.3) is 11.1 Å². The Labute approximate surface area is 124 Å². The molecule has 3 nitrogen and oxygen atoms in total. The topological polar surface area (TPSA) is 42.2 Å². The number of piperidine rings is 1. The van der Waals surface area contributed by atoms with E-state index >= 15 is 0 Å². The Morgan fingerprint density at radius 2 is 1.95 bits per heavy atom. The SMILES string of the molecule is CCC1CCN(c2snc(N)c2-c2ccccc2)CC1. The molecule has 20 heavy (non-hydrogen) atoms. The Morgan fingerprint density at radius 3 is 2.60 bits per heavy atom. The van der Waals surface area contributed by atoms with Gasteiger partial charge in [-0.1, -0.05) is 43.7 Å². The van der Waals surface area contributed by atoms with Gasteiger partial charge in [0.25, 0.3) is 0 Å². The molecule has 3 rings (SSSR count). The van der Waals surface area contributed by atoms with Crippen LogP contribution >= 0.6 is 11.5 Å². The zero-order chi connectivity index (χ0) is 13.9. The molecule has 0 amide bonds. The highest BCUT2D eigenvalue weighted by atomic mass is 32.1. The largest absolute Gasteiger partial charge is 0.382 e. The number of benzene rings is 1. The molecule has 1 aromatic heterocycles. The van der Waals surface area contributed by atoms with Crippen LogP contribution < -0.4 is 10.6 Å². The van der Waals surface area contributed by atoms with E-state index in [1.807, 2.05) is 6.07 Å². The Kier molecular flexibility index (Phi) is 3.92. The number of nitrogen functional groups attached to an aromatic ring is 1. The standard InChI is InChI=1S/C16H21N3S/c1-2-12-8-10-19(11-9-12)16-14(15(17)18-20-16)13-6-4-3-5-7-13/h3-7,12H,2,8-11H2,1H3,(H2,17,18). The van der Waals surface area contributed by atoms with Crippen LogP contribution in [0.15, 0.2) is 30.3 Å². The van der Waals surface area contributed by atoms with Gasteiger partial charge in [-0.3, -0.25) is 0 Å². The van der Waals surface area contributed by atoms with Gasteiger partial charge in [0.15, 0.2) is 0 Å². The number of hydrogen-bond donors (Lipinski definition) is 1. The molecule has 0 atom stereocenters. The van der Waals surface area contributed by atoms with E-state index in [1.165, 1.54) is 41.4 Å². The van der Waals surface area contributed by atoms with Crippen LogP contribution in [0, 0.1) is 5.92 Å². The maximum Gasteiger partial charge on any atom is 0.147 e. The maximum absolute atomic E-state index is 6.11. The van der Waals surface area contributed by atoms with Crippen LogP contribution in [0.4, 0.5) is 10.8 Å². The molecule has 0 saturated carbocycles. The fourth-order valence-electron chi connectivity index (χ4n) is 2.93. The zero-order valence-corrected chi connectivity index (χ0v) is 12.7. The van der Waals surface area contributed by atoms with Crippen molar-refractivity contribution in [2.75, 3.05) is 23.7 Å². The molecule has 0 bridgehead atoms. The van der Waals surface area contributed by atoms with E-state index in [4.69, 9.17) is 5.73 Å². The van der Waals surface area contributed by atoms with Gasteiger partial charge in [-0.25, -0.2) is 0 Å². The first-order chi connectivity index (χ1) is 9.79. The highest BCUT2D eigenvalue weighted by Crippen LogP contribution is 2.40. The minimum Gasteiger partial charge on any atom is -0.382 e. The lowest BCUT2D eigenvalue weighted by Gasteiger charge is -2.32. The first-order valence-corrected chi connectivity index (χ1v) is 8.12. The van der Waals surface area contributed by atoms with Gasteiger partial charge in [-0.15, -0.1) is 0 Å². The number of aromatic nitrogens is 1. The van der Waals surface area contributed by atoms with Gasteiger partial charge < -0.3 is 10.6 Å². The van der Waals surface area contributed by atoms with Gasteiger partial charge >= 0.3 is 0 Å². The van der Waals surface area contributed by atoms with E-state index in [0.717, 1.165) is 24.6 Å². The Bertz CT molecular complexity index is 556. The second-order valence-corrected chi connectivity index (χ2v) is 6.20. The summed E-state index contributed by atoms with van der Waals surface area (Å²) in [5.74, 6) is 1.55. The Morgan fingerprint density at radius 1 is 1.25 bits per heavy atom. The summed E-state index contributed by atoms with van der Waals surface area (Å²) in [7, 11) is 0. The minimum atomic E-state index is 0.661. The number of nitrogens with zero attached hydrogens (tertiary/aromatic N) is 2. The van der Waals surface area contributed by atoms with Gasteiger partial charge in [-0.2, -0.15) is 4.37 Å². The summed E-state index contributed by atoms with van der Waals surface area (Å²) in [5.41, 5.74) is 8.39. The second kappa shape index (κ2) is 5.83. The summed E-state index contributed by atoms with van der Waals surface area (Å²) < 4.78 is 4.39. The molecule has 2 heterocycles. The van der Waals surface area contributed by atoms with Gasteiger partial charge in [0.05, 0.1) is 5.56 Å². The summed E-state index contributed by atoms with van der Waals surface area (Å²) in [4.78, 5) is 2.46. The summed E-state index contributed by atoms with van der Waals surface area (Å²) >= 11 is 1.54. The Hall–Kier alpha value is -1.55. The molecular weight excluding hydrogens is 266 g/mol. The number of anilines is 2. The maximum atomic E-state index is 6.11. The summed E-state index contributed by atoms with van der Waals surface area (Å²) in [6.07, 6.45) is 3.86. The molecule has 4 heteroatoms. The van der Waals surface area contributed by atoms with Crippen molar-refractivity contribution >= 4 is 22.4 Å². The van der Waals surface area contributed by atoms with Crippen molar-refractivity contribution in [1.82, 2.24) is 4.37 Å². The third-order valence-corrected chi connectivity index (χ3v) is 5.17. The first kappa shape index (κ1) is 13.4. The quantitative estimate of drug-likeness (QED) is 0.927. The lowest BCUT2D eigenvalue weighted by atomic mass is 9.94. The van der Waals surface area contributed by atoms with Gasteiger partial charge in [-0.05, 0) is 35.9 Å². The number of rotatable bonds is 3. The van der Waals surface area contributed by atoms with E-state index in [9.17, 15) is 0 Å². The highest BCUT2D eigenvalue weighted by molar-refractivity contribution is 7.11. The second-order valence-electron chi connectivity index (χ2n) is 5.45. The number of nitrogens with two attached hydrogens (primary N) is 1. The smallest absolute Gasteiger partial charge is 0.147 e. The Balaban J connectivity index is 1.88. The summed E-state index contributed by atoms with van der Waals surface area (Å²) in [5, 5.41) is 1.24. The average molecular weight is 287 g/mol. The van der Waals surface area contributed by atoms with E-state index in [1.54, 1.807) is 0 Å². The van der Waals surface area contributed by atoms with Gasteiger partial charge in [0.1, 0.15) is 10.8 Å². The van der Waals surface area contributed by atoms with E-state index in [-0.39, 0.29) is 0 Å². The molecule has 0 aliphatic carbocycles. The van der Waals surface area contributed by atoms with Crippen LogP contribution in [0.5, 0.6) is 0 Å². The first-order valence-electron chi connectivity index (χ1n) is 7.35. The summed E-state index contributed by atoms with van der Waals surface area (Å²) in [6, 6.07) is 10.4. The molecule has 1 fully saturated rings. The van der Waals surface area contributed by atoms with Crippen molar-refractivity contribution in [2.24, 2.45) is 5.92 Å². The van der Waals surface area contributed by atoms with Gasteiger partial charge in [0, 0.05) is 13.1 Å². The molecular formula is C16H21N3S. The third-order valence-electron chi connectivity index (χ3n) is 4.24. The third kappa shape index (κ3) is 2.52. The van der Waals surface area contributed by atoms with E-state index in [0.29, 0.717) is 5.82 Å². The van der Waals surface area contributed by atoms with Crippen LogP contribution in [0.3, 0.4) is 0 Å². The fraction of sp³-hybridized carbons (Fsp3) is 0.438. The molecule has 106 valence electrons. The van der Waals surface area contributed by atoms with Gasteiger partial charge in [0.2, 0.25) is 0 Å². The molecule has 0 spiro atoms.